The van der Waals surface area contributed by atoms with Gasteiger partial charge in [-0.3, -0.25) is 0 Å². The number of aromatic nitrogens is 2. The Morgan fingerprint density at radius 2 is 2.35 bits per heavy atom. The van der Waals surface area contributed by atoms with Crippen LogP contribution in [0.15, 0.2) is 24.5 Å². The van der Waals surface area contributed by atoms with Crippen molar-refractivity contribution in [2.24, 2.45) is 0 Å². The minimum absolute atomic E-state index is 0.149. The maximum atomic E-state index is 12.5. The van der Waals surface area contributed by atoms with Crippen LogP contribution < -0.4 is 0 Å². The zero-order valence-electron chi connectivity index (χ0n) is 9.06. The van der Waals surface area contributed by atoms with E-state index in [1.807, 2.05) is 0 Å². The molecular formula is C11H10F2N2O2. The third-order valence-corrected chi connectivity index (χ3v) is 2.29. The van der Waals surface area contributed by atoms with Crippen LogP contribution in [-0.2, 0) is 4.74 Å². The first-order valence-corrected chi connectivity index (χ1v) is 5.06. The van der Waals surface area contributed by atoms with Crippen molar-refractivity contribution < 1.29 is 18.3 Å². The Labute approximate surface area is 95.8 Å². The minimum Gasteiger partial charge on any atom is -0.462 e. The van der Waals surface area contributed by atoms with E-state index in [1.165, 1.54) is 29.0 Å². The van der Waals surface area contributed by atoms with Gasteiger partial charge in [0.2, 0.25) is 0 Å². The second kappa shape index (κ2) is 4.48. The van der Waals surface area contributed by atoms with E-state index in [2.05, 4.69) is 5.10 Å². The van der Waals surface area contributed by atoms with Gasteiger partial charge in [-0.05, 0) is 19.1 Å². The van der Waals surface area contributed by atoms with Gasteiger partial charge in [0.05, 0.1) is 18.3 Å². The van der Waals surface area contributed by atoms with Gasteiger partial charge in [0.15, 0.2) is 0 Å². The molecule has 0 unspecified atom stereocenters. The van der Waals surface area contributed by atoms with E-state index in [1.54, 1.807) is 6.92 Å². The Morgan fingerprint density at radius 1 is 1.59 bits per heavy atom. The molecule has 4 nitrogen and oxygen atoms in total. The lowest BCUT2D eigenvalue weighted by Gasteiger charge is -2.02. The maximum Gasteiger partial charge on any atom is 0.341 e. The van der Waals surface area contributed by atoms with Gasteiger partial charge in [0.25, 0.3) is 6.43 Å². The number of rotatable bonds is 3. The average Bonchev–Trinajstić information content (AvgIpc) is 2.71. The third kappa shape index (κ3) is 2.11. The van der Waals surface area contributed by atoms with Crippen LogP contribution >= 0.6 is 0 Å². The molecule has 0 aliphatic rings. The molecule has 0 saturated heterocycles. The summed E-state index contributed by atoms with van der Waals surface area (Å²) in [6.07, 6.45) is 0.118. The summed E-state index contributed by atoms with van der Waals surface area (Å²) in [5.74, 6) is -0.561. The molecule has 0 fully saturated rings. The van der Waals surface area contributed by atoms with Gasteiger partial charge >= 0.3 is 5.97 Å². The van der Waals surface area contributed by atoms with Crippen LogP contribution in [0, 0.1) is 0 Å². The summed E-state index contributed by atoms with van der Waals surface area (Å²) in [4.78, 5) is 11.5. The Kier molecular flexibility index (Phi) is 3.03. The largest absolute Gasteiger partial charge is 0.462 e. The first-order valence-electron chi connectivity index (χ1n) is 5.06. The molecule has 0 aromatic carbocycles. The van der Waals surface area contributed by atoms with Gasteiger partial charge in [-0.2, -0.15) is 5.10 Å². The van der Waals surface area contributed by atoms with Gasteiger partial charge in [0, 0.05) is 11.8 Å². The number of hydrogen-bond acceptors (Lipinski definition) is 3. The zero-order valence-corrected chi connectivity index (χ0v) is 9.06. The zero-order chi connectivity index (χ0) is 12.4. The summed E-state index contributed by atoms with van der Waals surface area (Å²) in [5.41, 5.74) is 0.360. The van der Waals surface area contributed by atoms with Crippen LogP contribution in [0.4, 0.5) is 8.78 Å². The number of hydrogen-bond donors (Lipinski definition) is 0. The summed E-state index contributed by atoms with van der Waals surface area (Å²) < 4.78 is 31.2. The second-order valence-electron chi connectivity index (χ2n) is 3.37. The number of fused-ring (bicyclic) bond motifs is 1. The molecule has 6 heteroatoms. The van der Waals surface area contributed by atoms with Gasteiger partial charge in [-0.15, -0.1) is 0 Å². The van der Waals surface area contributed by atoms with Crippen molar-refractivity contribution in [3.8, 4) is 0 Å². The van der Waals surface area contributed by atoms with Crippen molar-refractivity contribution in [1.82, 2.24) is 9.61 Å². The molecule has 0 radical (unpaired) electrons. The fourth-order valence-corrected chi connectivity index (χ4v) is 1.50. The van der Waals surface area contributed by atoms with Crippen molar-refractivity contribution in [3.05, 3.63) is 35.7 Å². The van der Waals surface area contributed by atoms with Crippen LogP contribution in [0.25, 0.3) is 5.52 Å². The van der Waals surface area contributed by atoms with Crippen molar-refractivity contribution in [3.63, 3.8) is 0 Å². The molecule has 0 atom stereocenters. The lowest BCUT2D eigenvalue weighted by Crippen LogP contribution is -2.04. The minimum atomic E-state index is -2.58. The Hall–Kier alpha value is -1.98. The molecule has 0 spiro atoms. The number of alkyl halides is 2. The van der Waals surface area contributed by atoms with E-state index in [0.717, 1.165) is 0 Å². The normalized spacial score (nSPS) is 11.1. The molecule has 0 amide bonds. The molecule has 0 aliphatic heterocycles. The van der Waals surface area contributed by atoms with Crippen LogP contribution in [0.2, 0.25) is 0 Å². The highest BCUT2D eigenvalue weighted by molar-refractivity contribution is 5.96. The van der Waals surface area contributed by atoms with E-state index in [4.69, 9.17) is 4.74 Å². The van der Waals surface area contributed by atoms with Gasteiger partial charge in [-0.1, -0.05) is 0 Å². The van der Waals surface area contributed by atoms with Crippen LogP contribution in [0.5, 0.6) is 0 Å². The number of carbonyl (C=O) groups is 1. The van der Waals surface area contributed by atoms with E-state index in [-0.39, 0.29) is 17.7 Å². The van der Waals surface area contributed by atoms with Crippen LogP contribution in [-0.4, -0.2) is 22.2 Å². The first kappa shape index (κ1) is 11.5. The number of halogens is 2. The standard InChI is InChI=1S/C11H10F2N2O2/c1-2-17-11(16)8-6-14-15-4-3-7(10(12)13)5-9(8)15/h3-6,10H,2H2,1H3. The monoisotopic (exact) mass is 240 g/mol. The molecule has 0 aliphatic carbocycles. The fraction of sp³-hybridized carbons (Fsp3) is 0.273. The number of ether oxygens (including phenoxy) is 1. The molecule has 0 bridgehead atoms. The van der Waals surface area contributed by atoms with Crippen molar-refractivity contribution >= 4 is 11.5 Å². The SMILES string of the molecule is CCOC(=O)c1cnn2ccc(C(F)F)cc12. The van der Waals surface area contributed by atoms with Crippen molar-refractivity contribution in [2.45, 2.75) is 13.3 Å². The number of nitrogens with zero attached hydrogens (tertiary/aromatic N) is 2. The highest BCUT2D eigenvalue weighted by atomic mass is 19.3. The number of esters is 1. The molecule has 0 saturated carbocycles. The van der Waals surface area contributed by atoms with E-state index < -0.39 is 12.4 Å². The van der Waals surface area contributed by atoms with Gasteiger partial charge in [-0.25, -0.2) is 18.1 Å². The molecule has 2 aromatic rings. The summed E-state index contributed by atoms with van der Waals surface area (Å²) in [6, 6.07) is 2.50. The smallest absolute Gasteiger partial charge is 0.341 e. The van der Waals surface area contributed by atoms with Crippen LogP contribution in [0.3, 0.4) is 0 Å². The molecule has 2 rings (SSSR count). The molecule has 2 aromatic heterocycles. The van der Waals surface area contributed by atoms with Crippen molar-refractivity contribution in [2.75, 3.05) is 6.61 Å². The lowest BCUT2D eigenvalue weighted by atomic mass is 10.2. The highest BCUT2D eigenvalue weighted by Crippen LogP contribution is 2.21. The summed E-state index contributed by atoms with van der Waals surface area (Å²) >= 11 is 0. The van der Waals surface area contributed by atoms with E-state index in [9.17, 15) is 13.6 Å². The van der Waals surface area contributed by atoms with Crippen molar-refractivity contribution in [1.29, 1.82) is 0 Å². The predicted octanol–water partition coefficient (Wildman–Crippen LogP) is 2.45. The quantitative estimate of drug-likeness (QED) is 0.774. The number of carbonyl (C=O) groups excluding carboxylic acids is 1. The summed E-state index contributed by atoms with van der Waals surface area (Å²) in [7, 11) is 0. The maximum absolute atomic E-state index is 12.5. The van der Waals surface area contributed by atoms with Gasteiger partial charge in [0.1, 0.15) is 5.56 Å². The number of pyridine rings is 1. The highest BCUT2D eigenvalue weighted by Gasteiger charge is 2.16. The Morgan fingerprint density at radius 3 is 3.00 bits per heavy atom. The topological polar surface area (TPSA) is 43.6 Å². The molecule has 17 heavy (non-hydrogen) atoms. The Balaban J connectivity index is 2.50. The van der Waals surface area contributed by atoms with Crippen LogP contribution in [0.1, 0.15) is 29.3 Å². The molecule has 2 heterocycles. The second-order valence-corrected chi connectivity index (χ2v) is 3.37. The van der Waals surface area contributed by atoms with E-state index >= 15 is 0 Å². The average molecular weight is 240 g/mol. The first-order chi connectivity index (χ1) is 8.13. The van der Waals surface area contributed by atoms with E-state index in [0.29, 0.717) is 5.52 Å². The Bertz CT molecular complexity index is 551. The summed E-state index contributed by atoms with van der Waals surface area (Å²) in [6.45, 7) is 1.90. The van der Waals surface area contributed by atoms with Gasteiger partial charge < -0.3 is 4.74 Å². The fourth-order valence-electron chi connectivity index (χ4n) is 1.50. The third-order valence-electron chi connectivity index (χ3n) is 2.29. The molecular weight excluding hydrogens is 230 g/mol. The predicted molar refractivity (Wildman–Crippen MR) is 56.1 cm³/mol. The molecule has 0 N–H and O–H groups in total. The summed E-state index contributed by atoms with van der Waals surface area (Å²) in [5, 5.41) is 3.89. The lowest BCUT2D eigenvalue weighted by molar-refractivity contribution is 0.0528. The molecule has 90 valence electrons.